The molecule has 1 amide bonds. The summed E-state index contributed by atoms with van der Waals surface area (Å²) in [7, 11) is 0. The monoisotopic (exact) mass is 443 g/mol. The maximum Gasteiger partial charge on any atom is 0.272 e. The molecule has 1 aromatic heterocycles. The number of benzene rings is 2. The first kappa shape index (κ1) is 20.1. The predicted octanol–water partition coefficient (Wildman–Crippen LogP) is 4.57. The summed E-state index contributed by atoms with van der Waals surface area (Å²) in [6.07, 6.45) is 0.770. The van der Waals surface area contributed by atoms with Crippen molar-refractivity contribution in [2.75, 3.05) is 16.8 Å². The van der Waals surface area contributed by atoms with Gasteiger partial charge in [0.1, 0.15) is 0 Å². The topological polar surface area (TPSA) is 64.0 Å². The van der Waals surface area contributed by atoms with Gasteiger partial charge in [0.25, 0.3) is 5.56 Å². The molecule has 8 heteroatoms. The van der Waals surface area contributed by atoms with Crippen molar-refractivity contribution in [3.8, 4) is 5.69 Å². The molecule has 5 nitrogen and oxygen atoms in total. The Morgan fingerprint density at radius 1 is 1.28 bits per heavy atom. The van der Waals surface area contributed by atoms with Crippen molar-refractivity contribution >= 4 is 46.7 Å². The van der Waals surface area contributed by atoms with Crippen LogP contribution < -0.4 is 10.9 Å². The van der Waals surface area contributed by atoms with Crippen LogP contribution in [0.5, 0.6) is 0 Å². The molecule has 0 saturated carbocycles. The number of carbonyl (C=O) groups is 1. The minimum Gasteiger partial charge on any atom is -0.325 e. The molecule has 1 N–H and O–H groups in total. The number of hydrogen-bond acceptors (Lipinski definition) is 5. The molecule has 2 heterocycles. The summed E-state index contributed by atoms with van der Waals surface area (Å²) in [6.45, 7) is 1.91. The van der Waals surface area contributed by atoms with Crippen LogP contribution in [0.3, 0.4) is 0 Å². The molecule has 4 rings (SSSR count). The summed E-state index contributed by atoms with van der Waals surface area (Å²) < 4.78 is 1.60. The van der Waals surface area contributed by atoms with Gasteiger partial charge in [-0.3, -0.25) is 14.2 Å². The van der Waals surface area contributed by atoms with Crippen LogP contribution in [0.25, 0.3) is 5.69 Å². The second-order valence-corrected chi connectivity index (χ2v) is 9.00. The number of aromatic nitrogens is 2. The first-order valence-corrected chi connectivity index (χ1v) is 11.4. The van der Waals surface area contributed by atoms with E-state index >= 15 is 0 Å². The zero-order valence-corrected chi connectivity index (χ0v) is 18.0. The zero-order valence-electron chi connectivity index (χ0n) is 15.6. The highest BCUT2D eigenvalue weighted by Crippen LogP contribution is 2.30. The molecule has 0 aliphatic carbocycles. The number of rotatable bonds is 5. The number of nitrogens with one attached hydrogen (secondary N) is 1. The number of hydrogen-bond donors (Lipinski definition) is 1. The van der Waals surface area contributed by atoms with Crippen LogP contribution in [0.15, 0.2) is 63.4 Å². The minimum atomic E-state index is -0.182. The molecule has 1 aliphatic heterocycles. The average Bonchev–Trinajstić information content (AvgIpc) is 3.19. The number of halogens is 1. The summed E-state index contributed by atoms with van der Waals surface area (Å²) in [4.78, 5) is 30.9. The Balaban J connectivity index is 1.58. The van der Waals surface area contributed by atoms with Crippen LogP contribution in [0.1, 0.15) is 11.3 Å². The molecule has 0 fully saturated rings. The van der Waals surface area contributed by atoms with E-state index in [9.17, 15) is 9.59 Å². The number of fused-ring (bicyclic) bond motifs is 1. The van der Waals surface area contributed by atoms with Crippen LogP contribution in [0, 0.1) is 6.92 Å². The zero-order chi connectivity index (χ0) is 20.4. The van der Waals surface area contributed by atoms with Gasteiger partial charge in [0.2, 0.25) is 5.91 Å². The van der Waals surface area contributed by atoms with Crippen molar-refractivity contribution in [3.05, 3.63) is 75.2 Å². The minimum absolute atomic E-state index is 0.0723. The lowest BCUT2D eigenvalue weighted by Gasteiger charge is -2.13. The molecule has 0 saturated heterocycles. The van der Waals surface area contributed by atoms with Gasteiger partial charge >= 0.3 is 0 Å². The quantitative estimate of drug-likeness (QED) is 0.462. The van der Waals surface area contributed by atoms with E-state index in [1.54, 1.807) is 22.4 Å². The summed E-state index contributed by atoms with van der Waals surface area (Å²) in [6, 6.07) is 14.8. The SMILES string of the molecule is Cc1ccc(NC(=O)CSc2nc3c(c(=O)n2-c2ccccc2)SCC3)cc1Cl. The number of nitrogens with zero attached hydrogens (tertiary/aromatic N) is 2. The molecule has 1 aliphatic rings. The molecule has 29 heavy (non-hydrogen) atoms. The maximum absolute atomic E-state index is 13.1. The number of carbonyl (C=O) groups excluding carboxylic acids is 1. The van der Waals surface area contributed by atoms with Gasteiger partial charge in [0.05, 0.1) is 22.0 Å². The highest BCUT2D eigenvalue weighted by atomic mass is 35.5. The van der Waals surface area contributed by atoms with E-state index in [2.05, 4.69) is 5.32 Å². The van der Waals surface area contributed by atoms with Crippen molar-refractivity contribution < 1.29 is 4.79 Å². The van der Waals surface area contributed by atoms with Crippen LogP contribution in [-0.4, -0.2) is 27.0 Å². The fourth-order valence-corrected chi connectivity index (χ4v) is 5.03. The third kappa shape index (κ3) is 4.37. The molecule has 0 bridgehead atoms. The molecule has 3 aromatic rings. The van der Waals surface area contributed by atoms with Crippen molar-refractivity contribution in [2.45, 2.75) is 23.4 Å². The van der Waals surface area contributed by atoms with Crippen molar-refractivity contribution in [1.29, 1.82) is 0 Å². The van der Waals surface area contributed by atoms with Crippen molar-refractivity contribution in [3.63, 3.8) is 0 Å². The summed E-state index contributed by atoms with van der Waals surface area (Å²) in [5.41, 5.74) is 3.09. The van der Waals surface area contributed by atoms with Crippen molar-refractivity contribution in [2.24, 2.45) is 0 Å². The van der Waals surface area contributed by atoms with Gasteiger partial charge in [-0.15, -0.1) is 11.8 Å². The van der Waals surface area contributed by atoms with Gasteiger partial charge in [0.15, 0.2) is 5.16 Å². The number of aryl methyl sites for hydroxylation is 2. The van der Waals surface area contributed by atoms with Gasteiger partial charge < -0.3 is 5.32 Å². The normalized spacial score (nSPS) is 12.6. The summed E-state index contributed by atoms with van der Waals surface area (Å²) >= 11 is 8.92. The third-order valence-corrected chi connectivity index (χ3v) is 6.92. The van der Waals surface area contributed by atoms with Crippen LogP contribution in [0.2, 0.25) is 5.02 Å². The Morgan fingerprint density at radius 3 is 2.83 bits per heavy atom. The number of anilines is 1. The molecule has 0 spiro atoms. The van der Waals surface area contributed by atoms with E-state index in [4.69, 9.17) is 16.6 Å². The fraction of sp³-hybridized carbons (Fsp3) is 0.190. The third-order valence-electron chi connectivity index (χ3n) is 4.47. The smallest absolute Gasteiger partial charge is 0.272 e. The predicted molar refractivity (Wildman–Crippen MR) is 120 cm³/mol. The number of para-hydroxylation sites is 1. The van der Waals surface area contributed by atoms with E-state index in [1.165, 1.54) is 11.8 Å². The van der Waals surface area contributed by atoms with Crippen LogP contribution in [0.4, 0.5) is 5.69 Å². The Bertz CT molecular complexity index is 1130. The van der Waals surface area contributed by atoms with Gasteiger partial charge in [-0.2, -0.15) is 0 Å². The van der Waals surface area contributed by atoms with Gasteiger partial charge in [-0.05, 0) is 36.8 Å². The molecule has 2 aromatic carbocycles. The first-order chi connectivity index (χ1) is 14.0. The average molecular weight is 444 g/mol. The second-order valence-electron chi connectivity index (χ2n) is 6.55. The summed E-state index contributed by atoms with van der Waals surface area (Å²) in [5.74, 6) is 0.810. The molecule has 0 atom stereocenters. The maximum atomic E-state index is 13.1. The summed E-state index contributed by atoms with van der Waals surface area (Å²) in [5, 5.41) is 3.97. The molecule has 0 radical (unpaired) electrons. The number of amides is 1. The van der Waals surface area contributed by atoms with Crippen molar-refractivity contribution in [1.82, 2.24) is 9.55 Å². The van der Waals surface area contributed by atoms with Crippen LogP contribution >= 0.6 is 35.1 Å². The van der Waals surface area contributed by atoms with Gasteiger partial charge in [-0.25, -0.2) is 4.98 Å². The standard InChI is InChI=1S/C21H18ClN3O2S2/c1-13-7-8-14(11-16(13)22)23-18(26)12-29-21-24-17-9-10-28-19(17)20(27)25(21)15-5-3-2-4-6-15/h2-8,11H,9-10,12H2,1H3,(H,23,26). The first-order valence-electron chi connectivity index (χ1n) is 9.06. The Labute approximate surface area is 181 Å². The van der Waals surface area contributed by atoms with E-state index in [1.807, 2.05) is 49.4 Å². The van der Waals surface area contributed by atoms with E-state index in [0.29, 0.717) is 20.8 Å². The van der Waals surface area contributed by atoms with E-state index in [0.717, 1.165) is 29.1 Å². The molecule has 148 valence electrons. The number of thioether (sulfide) groups is 2. The Hall–Kier alpha value is -2.22. The lowest BCUT2D eigenvalue weighted by molar-refractivity contribution is -0.113. The Morgan fingerprint density at radius 2 is 2.07 bits per heavy atom. The molecular weight excluding hydrogens is 426 g/mol. The highest BCUT2D eigenvalue weighted by Gasteiger charge is 2.23. The highest BCUT2D eigenvalue weighted by molar-refractivity contribution is 8.00. The van der Waals surface area contributed by atoms with E-state index < -0.39 is 0 Å². The molecule has 0 unspecified atom stereocenters. The van der Waals surface area contributed by atoms with Gasteiger partial charge in [0, 0.05) is 22.9 Å². The second kappa shape index (κ2) is 8.65. The van der Waals surface area contributed by atoms with Crippen LogP contribution in [-0.2, 0) is 11.2 Å². The molecular formula is C21H18ClN3O2S2. The van der Waals surface area contributed by atoms with Gasteiger partial charge in [-0.1, -0.05) is 47.6 Å². The lowest BCUT2D eigenvalue weighted by atomic mass is 10.2. The fourth-order valence-electron chi connectivity index (χ4n) is 2.99. The lowest BCUT2D eigenvalue weighted by Crippen LogP contribution is -2.24. The Kier molecular flexibility index (Phi) is 5.99. The van der Waals surface area contributed by atoms with E-state index in [-0.39, 0.29) is 17.2 Å². The largest absolute Gasteiger partial charge is 0.325 e.